The summed E-state index contributed by atoms with van der Waals surface area (Å²) < 4.78 is 5.19. The molecule has 0 bridgehead atoms. The molecule has 88 valence electrons. The van der Waals surface area contributed by atoms with E-state index in [1.54, 1.807) is 7.11 Å². The largest absolute Gasteiger partial charge is 0.383 e. The van der Waals surface area contributed by atoms with E-state index in [0.29, 0.717) is 6.04 Å². The molecule has 0 amide bonds. The van der Waals surface area contributed by atoms with Crippen molar-refractivity contribution in [1.82, 2.24) is 10.2 Å². The van der Waals surface area contributed by atoms with Crippen LogP contribution in [-0.2, 0) is 11.3 Å². The first-order valence-corrected chi connectivity index (χ1v) is 5.87. The number of benzene rings is 1. The molecule has 16 heavy (non-hydrogen) atoms. The minimum Gasteiger partial charge on any atom is -0.383 e. The summed E-state index contributed by atoms with van der Waals surface area (Å²) in [7, 11) is 1.76. The number of methoxy groups -OCH3 is 1. The van der Waals surface area contributed by atoms with Crippen molar-refractivity contribution in [2.45, 2.75) is 12.6 Å². The molecule has 1 aliphatic rings. The summed E-state index contributed by atoms with van der Waals surface area (Å²) in [5.41, 5.74) is 1.39. The lowest BCUT2D eigenvalue weighted by molar-refractivity contribution is 0.112. The fourth-order valence-corrected chi connectivity index (χ4v) is 2.19. The highest BCUT2D eigenvalue weighted by Gasteiger charge is 2.18. The van der Waals surface area contributed by atoms with E-state index in [2.05, 4.69) is 40.5 Å². The van der Waals surface area contributed by atoms with Crippen LogP contribution in [0.1, 0.15) is 5.56 Å². The molecule has 0 spiro atoms. The molecular weight excluding hydrogens is 200 g/mol. The molecule has 0 unspecified atom stereocenters. The molecule has 2 rings (SSSR count). The maximum Gasteiger partial charge on any atom is 0.0628 e. The van der Waals surface area contributed by atoms with E-state index < -0.39 is 0 Å². The minimum absolute atomic E-state index is 0.475. The molecule has 3 heteroatoms. The summed E-state index contributed by atoms with van der Waals surface area (Å²) in [5, 5.41) is 3.47. The standard InChI is InChI=1S/C13H20N2O/c1-16-11-13-10-15(8-7-14-13)9-12-5-3-2-4-6-12/h2-6,13-14H,7-11H2,1H3/t13-/m1/s1. The van der Waals surface area contributed by atoms with Gasteiger partial charge in [0, 0.05) is 39.3 Å². The Labute approximate surface area is 97.4 Å². The Morgan fingerprint density at radius 2 is 2.19 bits per heavy atom. The number of ether oxygens (including phenoxy) is 1. The monoisotopic (exact) mass is 220 g/mol. The van der Waals surface area contributed by atoms with Crippen molar-refractivity contribution < 1.29 is 4.74 Å². The third kappa shape index (κ3) is 3.30. The van der Waals surface area contributed by atoms with Crippen LogP contribution in [0.5, 0.6) is 0 Å². The van der Waals surface area contributed by atoms with E-state index in [4.69, 9.17) is 4.74 Å². The van der Waals surface area contributed by atoms with Gasteiger partial charge >= 0.3 is 0 Å². The number of nitrogens with zero attached hydrogens (tertiary/aromatic N) is 1. The van der Waals surface area contributed by atoms with Crippen molar-refractivity contribution in [1.29, 1.82) is 0 Å². The average Bonchev–Trinajstić information content (AvgIpc) is 2.31. The van der Waals surface area contributed by atoms with Gasteiger partial charge in [0.25, 0.3) is 0 Å². The zero-order valence-corrected chi connectivity index (χ0v) is 9.86. The summed E-state index contributed by atoms with van der Waals surface area (Å²) in [5.74, 6) is 0. The van der Waals surface area contributed by atoms with Crippen molar-refractivity contribution in [2.24, 2.45) is 0 Å². The van der Waals surface area contributed by atoms with Gasteiger partial charge in [-0.1, -0.05) is 30.3 Å². The summed E-state index contributed by atoms with van der Waals surface area (Å²) >= 11 is 0. The zero-order valence-electron chi connectivity index (χ0n) is 9.86. The molecule has 1 N–H and O–H groups in total. The van der Waals surface area contributed by atoms with Gasteiger partial charge in [-0.3, -0.25) is 4.90 Å². The van der Waals surface area contributed by atoms with Gasteiger partial charge in [0.05, 0.1) is 6.61 Å². The summed E-state index contributed by atoms with van der Waals surface area (Å²) in [6.07, 6.45) is 0. The molecule has 1 aromatic rings. The third-order valence-electron chi connectivity index (χ3n) is 2.96. The van der Waals surface area contributed by atoms with Gasteiger partial charge in [-0.2, -0.15) is 0 Å². The van der Waals surface area contributed by atoms with Crippen LogP contribution in [0.3, 0.4) is 0 Å². The molecule has 1 aromatic carbocycles. The lowest BCUT2D eigenvalue weighted by atomic mass is 10.1. The molecule has 1 heterocycles. The fourth-order valence-electron chi connectivity index (χ4n) is 2.19. The maximum absolute atomic E-state index is 5.19. The van der Waals surface area contributed by atoms with Crippen LogP contribution in [0.25, 0.3) is 0 Å². The molecule has 0 aromatic heterocycles. The smallest absolute Gasteiger partial charge is 0.0628 e. The summed E-state index contributed by atoms with van der Waals surface area (Å²) in [6, 6.07) is 11.1. The third-order valence-corrected chi connectivity index (χ3v) is 2.96. The van der Waals surface area contributed by atoms with Gasteiger partial charge in [0.15, 0.2) is 0 Å². The number of hydrogen-bond acceptors (Lipinski definition) is 3. The second kappa shape index (κ2) is 5.99. The Balaban J connectivity index is 1.85. The first-order chi connectivity index (χ1) is 7.88. The van der Waals surface area contributed by atoms with Gasteiger partial charge < -0.3 is 10.1 Å². The predicted octanol–water partition coefficient (Wildman–Crippen LogP) is 1.11. The molecule has 0 radical (unpaired) electrons. The molecule has 0 saturated carbocycles. The van der Waals surface area contributed by atoms with Crippen LogP contribution in [0.2, 0.25) is 0 Å². The van der Waals surface area contributed by atoms with Crippen molar-refractivity contribution in [3.05, 3.63) is 35.9 Å². The van der Waals surface area contributed by atoms with Crippen LogP contribution in [0, 0.1) is 0 Å². The second-order valence-electron chi connectivity index (χ2n) is 4.33. The lowest BCUT2D eigenvalue weighted by Crippen LogP contribution is -2.52. The SMILES string of the molecule is COC[C@H]1CN(Cc2ccccc2)CCN1. The molecular formula is C13H20N2O. The fraction of sp³-hybridized carbons (Fsp3) is 0.538. The van der Waals surface area contributed by atoms with Crippen LogP contribution in [-0.4, -0.2) is 44.3 Å². The Morgan fingerprint density at radius 3 is 2.94 bits per heavy atom. The van der Waals surface area contributed by atoms with Crippen molar-refractivity contribution in [2.75, 3.05) is 33.4 Å². The minimum atomic E-state index is 0.475. The molecule has 1 saturated heterocycles. The van der Waals surface area contributed by atoms with E-state index in [0.717, 1.165) is 32.8 Å². The lowest BCUT2D eigenvalue weighted by Gasteiger charge is -2.33. The van der Waals surface area contributed by atoms with Crippen LogP contribution >= 0.6 is 0 Å². The Morgan fingerprint density at radius 1 is 1.38 bits per heavy atom. The van der Waals surface area contributed by atoms with E-state index in [9.17, 15) is 0 Å². The van der Waals surface area contributed by atoms with Gasteiger partial charge in [-0.15, -0.1) is 0 Å². The maximum atomic E-state index is 5.19. The van der Waals surface area contributed by atoms with E-state index >= 15 is 0 Å². The normalized spacial score (nSPS) is 22.2. The van der Waals surface area contributed by atoms with Gasteiger partial charge in [0.1, 0.15) is 0 Å². The van der Waals surface area contributed by atoms with Crippen LogP contribution < -0.4 is 5.32 Å². The second-order valence-corrected chi connectivity index (χ2v) is 4.33. The topological polar surface area (TPSA) is 24.5 Å². The van der Waals surface area contributed by atoms with E-state index in [-0.39, 0.29) is 0 Å². The van der Waals surface area contributed by atoms with Crippen molar-refractivity contribution in [3.63, 3.8) is 0 Å². The first-order valence-electron chi connectivity index (χ1n) is 5.87. The number of piperazine rings is 1. The molecule has 3 nitrogen and oxygen atoms in total. The first kappa shape index (κ1) is 11.6. The van der Waals surface area contributed by atoms with Crippen LogP contribution in [0.15, 0.2) is 30.3 Å². The highest BCUT2D eigenvalue weighted by atomic mass is 16.5. The number of rotatable bonds is 4. The van der Waals surface area contributed by atoms with E-state index in [1.165, 1.54) is 5.56 Å². The average molecular weight is 220 g/mol. The number of hydrogen-bond donors (Lipinski definition) is 1. The Bertz CT molecular complexity index is 300. The summed E-state index contributed by atoms with van der Waals surface area (Å²) in [4.78, 5) is 2.48. The van der Waals surface area contributed by atoms with Crippen molar-refractivity contribution >= 4 is 0 Å². The highest BCUT2D eigenvalue weighted by molar-refractivity contribution is 5.14. The molecule has 1 fully saturated rings. The molecule has 0 aliphatic carbocycles. The van der Waals surface area contributed by atoms with Crippen LogP contribution in [0.4, 0.5) is 0 Å². The summed E-state index contributed by atoms with van der Waals surface area (Å²) in [6.45, 7) is 5.09. The molecule has 1 aliphatic heterocycles. The molecule has 1 atom stereocenters. The zero-order chi connectivity index (χ0) is 11.2. The van der Waals surface area contributed by atoms with Crippen molar-refractivity contribution in [3.8, 4) is 0 Å². The Hall–Kier alpha value is -0.900. The van der Waals surface area contributed by atoms with E-state index in [1.807, 2.05) is 0 Å². The van der Waals surface area contributed by atoms with Gasteiger partial charge in [0.2, 0.25) is 0 Å². The van der Waals surface area contributed by atoms with Gasteiger partial charge in [-0.05, 0) is 5.56 Å². The Kier molecular flexibility index (Phi) is 4.34. The highest BCUT2D eigenvalue weighted by Crippen LogP contribution is 2.07. The number of nitrogens with one attached hydrogen (secondary N) is 1. The predicted molar refractivity (Wildman–Crippen MR) is 65.4 cm³/mol. The quantitative estimate of drug-likeness (QED) is 0.822. The van der Waals surface area contributed by atoms with Gasteiger partial charge in [-0.25, -0.2) is 0 Å².